The van der Waals surface area contributed by atoms with Gasteiger partial charge in [0.15, 0.2) is 17.4 Å². The van der Waals surface area contributed by atoms with E-state index in [1.54, 1.807) is 13.8 Å². The van der Waals surface area contributed by atoms with Crippen molar-refractivity contribution in [3.8, 4) is 11.3 Å². The summed E-state index contributed by atoms with van der Waals surface area (Å²) in [5.74, 6) is -2.80. The van der Waals surface area contributed by atoms with Gasteiger partial charge in [-0.2, -0.15) is 0 Å². The van der Waals surface area contributed by atoms with Crippen molar-refractivity contribution in [2.24, 2.45) is 5.11 Å². The molecule has 2 fully saturated rings. The normalized spacial score (nSPS) is 29.2. The summed E-state index contributed by atoms with van der Waals surface area (Å²) in [4.78, 5) is 2.81. The molecule has 0 radical (unpaired) electrons. The summed E-state index contributed by atoms with van der Waals surface area (Å²) in [6.07, 6.45) is -0.732. The van der Waals surface area contributed by atoms with Crippen LogP contribution in [0.15, 0.2) is 23.4 Å². The van der Waals surface area contributed by atoms with E-state index in [-0.39, 0.29) is 30.0 Å². The maximum Gasteiger partial charge on any atom is 0.168 e. The van der Waals surface area contributed by atoms with E-state index in [1.165, 1.54) is 37.0 Å². The quantitative estimate of drug-likeness (QED) is 0.392. The van der Waals surface area contributed by atoms with Gasteiger partial charge in [0.2, 0.25) is 0 Å². The molecule has 1 aromatic carbocycles. The minimum Gasteiger partial charge on any atom is -0.376 e. The Bertz CT molecular complexity index is 1040. The maximum absolute atomic E-state index is 14.5. The molecule has 2 aromatic rings. The van der Waals surface area contributed by atoms with Gasteiger partial charge in [-0.15, -0.1) is 5.10 Å². The summed E-state index contributed by atoms with van der Waals surface area (Å²) in [6, 6.07) is 2.39. The van der Waals surface area contributed by atoms with E-state index in [9.17, 15) is 8.78 Å². The number of nitrogens with zero attached hydrogens (tertiary/aromatic N) is 6. The molecule has 10 nitrogen and oxygen atoms in total. The van der Waals surface area contributed by atoms with Crippen molar-refractivity contribution in [1.29, 1.82) is 0 Å². The summed E-state index contributed by atoms with van der Waals surface area (Å²) < 4.78 is 53.8. The minimum absolute atomic E-state index is 0.00391. The molecule has 32 heavy (non-hydrogen) atoms. The van der Waals surface area contributed by atoms with Crippen LogP contribution in [-0.4, -0.2) is 65.5 Å². The first kappa shape index (κ1) is 22.6. The molecule has 2 saturated heterocycles. The first-order valence-corrected chi connectivity index (χ1v) is 10.1. The Morgan fingerprint density at radius 3 is 2.84 bits per heavy atom. The fourth-order valence-electron chi connectivity index (χ4n) is 4.18. The Kier molecular flexibility index (Phi) is 6.15. The van der Waals surface area contributed by atoms with Crippen molar-refractivity contribution < 1.29 is 27.7 Å². The summed E-state index contributed by atoms with van der Waals surface area (Å²) in [5, 5.41) is 11.9. The average Bonchev–Trinajstić information content (AvgIpc) is 3.24. The molecule has 4 rings (SSSR count). The van der Waals surface area contributed by atoms with Gasteiger partial charge in [0.1, 0.15) is 30.0 Å². The van der Waals surface area contributed by atoms with Gasteiger partial charge in [0, 0.05) is 17.6 Å². The lowest BCUT2D eigenvalue weighted by Crippen LogP contribution is -2.63. The highest BCUT2D eigenvalue weighted by Crippen LogP contribution is 2.39. The number of hydrogen-bond acceptors (Lipinski definition) is 7. The number of halogens is 2. The molecule has 0 amide bonds. The van der Waals surface area contributed by atoms with Gasteiger partial charge in [-0.3, -0.25) is 0 Å². The number of ether oxygens (including phenoxy) is 4. The predicted octanol–water partition coefficient (Wildman–Crippen LogP) is 3.32. The topological polar surface area (TPSA) is 116 Å². The van der Waals surface area contributed by atoms with Crippen LogP contribution in [0.3, 0.4) is 0 Å². The lowest BCUT2D eigenvalue weighted by Gasteiger charge is -2.50. The minimum atomic E-state index is -0.991. The lowest BCUT2D eigenvalue weighted by atomic mass is 9.91. The van der Waals surface area contributed by atoms with Gasteiger partial charge in [-0.25, -0.2) is 13.5 Å². The molecule has 3 heterocycles. The molecular formula is C20H24F2N6O4. The van der Waals surface area contributed by atoms with Crippen molar-refractivity contribution in [2.75, 3.05) is 20.3 Å². The van der Waals surface area contributed by atoms with Gasteiger partial charge in [0.05, 0.1) is 25.5 Å². The zero-order valence-electron chi connectivity index (χ0n) is 18.1. The number of azide groups is 1. The number of methoxy groups -OCH3 is 1. The van der Waals surface area contributed by atoms with E-state index in [2.05, 4.69) is 20.3 Å². The molecule has 0 bridgehead atoms. The lowest BCUT2D eigenvalue weighted by molar-refractivity contribution is -0.348. The fourth-order valence-corrected chi connectivity index (χ4v) is 4.18. The van der Waals surface area contributed by atoms with Crippen molar-refractivity contribution in [3.05, 3.63) is 46.0 Å². The van der Waals surface area contributed by atoms with Gasteiger partial charge >= 0.3 is 0 Å². The van der Waals surface area contributed by atoms with E-state index >= 15 is 0 Å². The summed E-state index contributed by atoms with van der Waals surface area (Å²) >= 11 is 0. The smallest absolute Gasteiger partial charge is 0.168 e. The third kappa shape index (κ3) is 4.07. The van der Waals surface area contributed by atoms with Crippen LogP contribution in [0.25, 0.3) is 21.7 Å². The summed E-state index contributed by atoms with van der Waals surface area (Å²) in [7, 11) is 1.50. The molecule has 0 unspecified atom stereocenters. The monoisotopic (exact) mass is 450 g/mol. The van der Waals surface area contributed by atoms with E-state index < -0.39 is 47.9 Å². The molecule has 172 valence electrons. The molecule has 0 saturated carbocycles. The third-order valence-corrected chi connectivity index (χ3v) is 5.73. The zero-order valence-corrected chi connectivity index (χ0v) is 18.1. The SMILES string of the molecule is CO[C@@H]1[C@@H](n2cc(-c3ccc(C)c(F)c3F)nn2)[C@H]2OC(C)(C)OC[C@H]2O[C@@H]1CN=[N+]=[N-]. The molecule has 1 aromatic heterocycles. The summed E-state index contributed by atoms with van der Waals surface area (Å²) in [5.41, 5.74) is 9.11. The van der Waals surface area contributed by atoms with Crippen molar-refractivity contribution in [2.45, 2.75) is 57.0 Å². The first-order chi connectivity index (χ1) is 15.3. The molecule has 2 aliphatic rings. The van der Waals surface area contributed by atoms with E-state index in [4.69, 9.17) is 24.5 Å². The van der Waals surface area contributed by atoms with Crippen molar-refractivity contribution >= 4 is 0 Å². The van der Waals surface area contributed by atoms with Crippen LogP contribution in [0.5, 0.6) is 0 Å². The van der Waals surface area contributed by atoms with E-state index in [0.29, 0.717) is 0 Å². The third-order valence-electron chi connectivity index (χ3n) is 5.73. The largest absolute Gasteiger partial charge is 0.376 e. The highest BCUT2D eigenvalue weighted by Gasteiger charge is 2.52. The number of aromatic nitrogens is 3. The molecule has 2 aliphatic heterocycles. The van der Waals surface area contributed by atoms with Crippen LogP contribution in [0.2, 0.25) is 0 Å². The molecule has 5 atom stereocenters. The Morgan fingerprint density at radius 2 is 2.12 bits per heavy atom. The Labute approximate surface area is 183 Å². The van der Waals surface area contributed by atoms with E-state index in [0.717, 1.165) is 0 Å². The van der Waals surface area contributed by atoms with Crippen LogP contribution < -0.4 is 0 Å². The Balaban J connectivity index is 1.74. The molecule has 0 aliphatic carbocycles. The predicted molar refractivity (Wildman–Crippen MR) is 108 cm³/mol. The van der Waals surface area contributed by atoms with Crippen LogP contribution in [-0.2, 0) is 18.9 Å². The highest BCUT2D eigenvalue weighted by molar-refractivity contribution is 5.59. The molecule has 0 N–H and O–H groups in total. The van der Waals surface area contributed by atoms with Crippen molar-refractivity contribution in [1.82, 2.24) is 15.0 Å². The fraction of sp³-hybridized carbons (Fsp3) is 0.600. The Hall–Kier alpha value is -2.63. The zero-order chi connectivity index (χ0) is 23.0. The highest BCUT2D eigenvalue weighted by atomic mass is 19.2. The van der Waals surface area contributed by atoms with Crippen LogP contribution >= 0.6 is 0 Å². The molecule has 0 spiro atoms. The molecular weight excluding hydrogens is 426 g/mol. The van der Waals surface area contributed by atoms with Crippen LogP contribution in [0.4, 0.5) is 8.78 Å². The Morgan fingerprint density at radius 1 is 1.34 bits per heavy atom. The molecule has 12 heteroatoms. The second-order valence-electron chi connectivity index (χ2n) is 8.25. The number of aryl methyl sites for hydroxylation is 1. The first-order valence-electron chi connectivity index (χ1n) is 10.1. The number of benzene rings is 1. The summed E-state index contributed by atoms with van der Waals surface area (Å²) in [6.45, 7) is 5.32. The number of hydrogen-bond donors (Lipinski definition) is 0. The van der Waals surface area contributed by atoms with Crippen LogP contribution in [0.1, 0.15) is 25.5 Å². The standard InChI is InChI=1S/C20H24F2N6O4/c1-10-5-6-11(16(22)15(10)21)12-8-28(27-25-12)17-18(29-4)13(7-24-26-23)31-14-9-30-20(2,3)32-19(14)17/h5-6,8,13-14,17-19H,7,9H2,1-4H3/t13-,14-,17-,18+,19+/m1/s1. The van der Waals surface area contributed by atoms with Crippen molar-refractivity contribution in [3.63, 3.8) is 0 Å². The van der Waals surface area contributed by atoms with Gasteiger partial charge in [0.25, 0.3) is 0 Å². The average molecular weight is 450 g/mol. The number of rotatable bonds is 5. The van der Waals surface area contributed by atoms with E-state index in [1.807, 2.05) is 0 Å². The number of fused-ring (bicyclic) bond motifs is 1. The second-order valence-corrected chi connectivity index (χ2v) is 8.25. The van der Waals surface area contributed by atoms with Gasteiger partial charge < -0.3 is 18.9 Å². The van der Waals surface area contributed by atoms with Gasteiger partial charge in [-0.05, 0) is 37.9 Å². The van der Waals surface area contributed by atoms with Crippen LogP contribution in [0, 0.1) is 18.6 Å². The maximum atomic E-state index is 14.5. The second kappa shape index (κ2) is 8.72. The van der Waals surface area contributed by atoms with Gasteiger partial charge in [-0.1, -0.05) is 16.4 Å².